The molecule has 0 aromatic heterocycles. The van der Waals surface area contributed by atoms with Crippen molar-refractivity contribution in [3.8, 4) is 0 Å². The lowest BCUT2D eigenvalue weighted by Crippen LogP contribution is -2.67. The molecule has 0 aromatic rings. The molecule has 0 bridgehead atoms. The summed E-state index contributed by atoms with van der Waals surface area (Å²) in [4.78, 5) is 15.1. The molecule has 5 aliphatic carbocycles. The van der Waals surface area contributed by atoms with Gasteiger partial charge in [0.1, 0.15) is 85.5 Å². The Morgan fingerprint density at radius 1 is 0.640 bits per heavy atom. The van der Waals surface area contributed by atoms with E-state index in [-0.39, 0.29) is 52.6 Å². The fourth-order valence-electron chi connectivity index (χ4n) is 16.1. The molecule has 0 amide bonds. The number of allylic oxidation sites excluding steroid dienone is 2. The first-order valence-electron chi connectivity index (χ1n) is 27.3. The van der Waals surface area contributed by atoms with Gasteiger partial charge in [-0.15, -0.1) is 0 Å². The van der Waals surface area contributed by atoms with Gasteiger partial charge in [-0.3, -0.25) is 4.79 Å². The number of rotatable bonds is 11. The van der Waals surface area contributed by atoms with Crippen molar-refractivity contribution < 1.29 is 109 Å². The fraction of sp³-hybridized carbons (Fsp3) is 0.943. The second-order valence-electron chi connectivity index (χ2n) is 25.7. The molecule has 4 saturated heterocycles. The first-order chi connectivity index (χ1) is 35.1. The molecule has 9 rings (SSSR count). The van der Waals surface area contributed by atoms with Crippen molar-refractivity contribution in [1.82, 2.24) is 0 Å². The van der Waals surface area contributed by atoms with Crippen LogP contribution in [0.1, 0.15) is 113 Å². The van der Waals surface area contributed by atoms with Gasteiger partial charge in [-0.2, -0.15) is 0 Å². The van der Waals surface area contributed by atoms with E-state index >= 15 is 4.79 Å². The van der Waals surface area contributed by atoms with Crippen LogP contribution in [0.25, 0.3) is 0 Å². The average molecular weight is 1080 g/mol. The third kappa shape index (κ3) is 9.50. The molecule has 22 nitrogen and oxygen atoms in total. The van der Waals surface area contributed by atoms with Gasteiger partial charge >= 0.3 is 5.97 Å². The second-order valence-corrected chi connectivity index (χ2v) is 25.7. The summed E-state index contributed by atoms with van der Waals surface area (Å²) in [5.41, 5.74) is -1.70. The van der Waals surface area contributed by atoms with Gasteiger partial charge in [-0.25, -0.2) is 0 Å². The smallest absolute Gasteiger partial charge is 0.315 e. The lowest BCUT2D eigenvalue weighted by molar-refractivity contribution is -0.365. The minimum absolute atomic E-state index is 0.0432. The monoisotopic (exact) mass is 1070 g/mol. The number of carbonyl (C=O) groups excluding carboxylic acids is 1. The second kappa shape index (κ2) is 21.1. The predicted molar refractivity (Wildman–Crippen MR) is 257 cm³/mol. The molecule has 0 aromatic carbocycles. The van der Waals surface area contributed by atoms with Crippen molar-refractivity contribution >= 4 is 5.97 Å². The highest BCUT2D eigenvalue weighted by molar-refractivity contribution is 5.79. The number of hydrogen-bond acceptors (Lipinski definition) is 22. The van der Waals surface area contributed by atoms with Gasteiger partial charge in [0, 0.05) is 5.41 Å². The Morgan fingerprint density at radius 3 is 1.95 bits per heavy atom. The largest absolute Gasteiger partial charge is 0.432 e. The number of carbonyl (C=O) groups is 1. The van der Waals surface area contributed by atoms with Gasteiger partial charge in [0.2, 0.25) is 6.29 Å². The highest BCUT2D eigenvalue weighted by Gasteiger charge is 2.71. The molecule has 22 heteroatoms. The normalized spacial score (nSPS) is 54.8. The summed E-state index contributed by atoms with van der Waals surface area (Å²) < 4.78 is 47.6. The van der Waals surface area contributed by atoms with E-state index in [4.69, 9.17) is 37.9 Å². The van der Waals surface area contributed by atoms with Crippen molar-refractivity contribution in [3.63, 3.8) is 0 Å². The molecule has 4 saturated carbocycles. The van der Waals surface area contributed by atoms with Crippen LogP contribution in [0.5, 0.6) is 0 Å². The van der Waals surface area contributed by atoms with Crippen LogP contribution in [0, 0.1) is 50.2 Å². The molecule has 28 atom stereocenters. The highest BCUT2D eigenvalue weighted by atomic mass is 16.8. The maximum Gasteiger partial charge on any atom is 0.315 e. The third-order valence-corrected chi connectivity index (χ3v) is 21.1. The van der Waals surface area contributed by atoms with Gasteiger partial charge in [-0.05, 0) is 111 Å². The minimum Gasteiger partial charge on any atom is -0.432 e. The molecule has 5 unspecified atom stereocenters. The Balaban J connectivity index is 0.931. The first-order valence-corrected chi connectivity index (χ1v) is 27.3. The van der Waals surface area contributed by atoms with Crippen LogP contribution >= 0.6 is 0 Å². The molecule has 9 aliphatic rings. The van der Waals surface area contributed by atoms with Crippen LogP contribution < -0.4 is 0 Å². The Morgan fingerprint density at radius 2 is 1.27 bits per heavy atom. The van der Waals surface area contributed by atoms with E-state index in [2.05, 4.69) is 40.7 Å². The molecule has 0 radical (unpaired) electrons. The fourth-order valence-corrected chi connectivity index (χ4v) is 16.1. The summed E-state index contributed by atoms with van der Waals surface area (Å²) in [6.45, 7) is 13.2. The maximum atomic E-state index is 15.1. The molecule has 4 aliphatic heterocycles. The van der Waals surface area contributed by atoms with E-state index < -0.39 is 153 Å². The number of aliphatic hydroxyl groups is 13. The van der Waals surface area contributed by atoms with E-state index in [9.17, 15) is 66.4 Å². The van der Waals surface area contributed by atoms with Gasteiger partial charge in [0.25, 0.3) is 0 Å². The minimum atomic E-state index is -1.84. The SMILES string of the molecule is C[C@@H]1OC(O[C@@H]2C(O)C(O)CO[C@H]2O[C@H]2CC[C@@]3(C)C(CC[C@]4(C)[C@@H]3CC=C3[C@@H]5CC(C)(C)CC[C@]5(C(=O)O[C@@H]5O[C@H](CO[C@@H]6O[C@H](CO)[C@@H](O)[C@H](O)[C@H]6O)[C@@H](O)[C@H](O)[C@H]5O)CC[C@]34C)[C@]2(C)CO)[C@H](O)[C@H](O)C1O. The molecular weight excluding hydrogens is 989 g/mol. The van der Waals surface area contributed by atoms with Crippen molar-refractivity contribution in [1.29, 1.82) is 0 Å². The Kier molecular flexibility index (Phi) is 16.3. The lowest BCUT2D eigenvalue weighted by Gasteiger charge is -2.71. The van der Waals surface area contributed by atoms with E-state index in [1.165, 1.54) is 12.5 Å². The van der Waals surface area contributed by atoms with Crippen LogP contribution in [-0.2, 0) is 42.7 Å². The highest BCUT2D eigenvalue weighted by Crippen LogP contribution is 2.76. The summed E-state index contributed by atoms with van der Waals surface area (Å²) in [5.74, 6) is -0.732. The van der Waals surface area contributed by atoms with Gasteiger partial charge in [0.15, 0.2) is 18.9 Å². The summed E-state index contributed by atoms with van der Waals surface area (Å²) in [6, 6.07) is 0. The zero-order chi connectivity index (χ0) is 54.7. The Hall–Kier alpha value is -1.59. The van der Waals surface area contributed by atoms with Crippen LogP contribution in [0.3, 0.4) is 0 Å². The van der Waals surface area contributed by atoms with Crippen LogP contribution in [0.4, 0.5) is 0 Å². The number of ether oxygens (including phenoxy) is 8. The number of hydrogen-bond donors (Lipinski definition) is 13. The van der Waals surface area contributed by atoms with Crippen molar-refractivity contribution in [3.05, 3.63) is 11.6 Å². The summed E-state index contributed by atoms with van der Waals surface area (Å²) in [5, 5.41) is 139. The maximum absolute atomic E-state index is 15.1. The van der Waals surface area contributed by atoms with Crippen LogP contribution in [0.15, 0.2) is 11.6 Å². The predicted octanol–water partition coefficient (Wildman–Crippen LogP) is -1.40. The molecule has 8 fully saturated rings. The van der Waals surface area contributed by atoms with E-state index in [1.54, 1.807) is 0 Å². The molecule has 13 N–H and O–H groups in total. The van der Waals surface area contributed by atoms with E-state index in [1.807, 2.05) is 6.92 Å². The Labute approximate surface area is 437 Å². The van der Waals surface area contributed by atoms with Crippen molar-refractivity contribution in [2.45, 2.75) is 235 Å². The van der Waals surface area contributed by atoms with Crippen molar-refractivity contribution in [2.24, 2.45) is 50.2 Å². The Bertz CT molecular complexity index is 2060. The summed E-state index contributed by atoms with van der Waals surface area (Å²) in [6.07, 6.45) is -20.8. The van der Waals surface area contributed by atoms with E-state index in [0.29, 0.717) is 38.5 Å². The third-order valence-electron chi connectivity index (χ3n) is 21.1. The van der Waals surface area contributed by atoms with Gasteiger partial charge in [0.05, 0.1) is 44.1 Å². The molecule has 4 heterocycles. The molecule has 0 spiro atoms. The summed E-state index contributed by atoms with van der Waals surface area (Å²) in [7, 11) is 0. The van der Waals surface area contributed by atoms with Crippen LogP contribution in [0.2, 0.25) is 0 Å². The van der Waals surface area contributed by atoms with E-state index in [0.717, 1.165) is 25.7 Å². The van der Waals surface area contributed by atoms with Crippen LogP contribution in [-0.4, -0.2) is 222 Å². The number of esters is 1. The standard InChI is InChI=1S/C53H86O22/c1-23-32(57)36(61)40(65)44(70-23)74-42-33(58)26(56)20-68-46(42)73-31-11-12-49(4)29(50(31,5)22-55)10-13-52(7)30(49)9-8-24-25-18-48(2,3)14-16-53(25,17-15-51(24,52)6)47(67)75-45-41(66)38(63)35(60)28(72-45)21-69-43-39(64)37(62)34(59)27(19-54)71-43/h8,23,25-46,54-66H,9-22H2,1-7H3/t23-,25-,26?,27+,28+,29?,30+,31-,32?,33?,34+,35+,36+,37-,38-,39+,40+,41+,42+,43+,44?,45-,46-,49-,50-,51+,52+,53-/m0/s1. The average Bonchev–Trinajstić information content (AvgIpc) is 3.37. The molecule has 430 valence electrons. The van der Waals surface area contributed by atoms with Crippen molar-refractivity contribution in [2.75, 3.05) is 26.4 Å². The lowest BCUT2D eigenvalue weighted by atomic mass is 9.33. The van der Waals surface area contributed by atoms with Gasteiger partial charge < -0.3 is 104 Å². The number of aliphatic hydroxyl groups excluding tert-OH is 13. The molecule has 75 heavy (non-hydrogen) atoms. The van der Waals surface area contributed by atoms with Gasteiger partial charge in [-0.1, -0.05) is 53.2 Å². The summed E-state index contributed by atoms with van der Waals surface area (Å²) >= 11 is 0. The topological polar surface area (TPSA) is 354 Å². The zero-order valence-corrected chi connectivity index (χ0v) is 44.2. The molecular formula is C53H86O22. The first kappa shape index (κ1) is 58.1. The quantitative estimate of drug-likeness (QED) is 0.0643. The number of fused-ring (bicyclic) bond motifs is 7. The zero-order valence-electron chi connectivity index (χ0n) is 44.2.